The van der Waals surface area contributed by atoms with E-state index in [9.17, 15) is 0 Å². The van der Waals surface area contributed by atoms with Crippen molar-refractivity contribution < 1.29 is 0 Å². The van der Waals surface area contributed by atoms with E-state index in [0.29, 0.717) is 6.04 Å². The van der Waals surface area contributed by atoms with Gasteiger partial charge in [-0.3, -0.25) is 0 Å². The Labute approximate surface area is 79.8 Å². The van der Waals surface area contributed by atoms with Crippen LogP contribution < -0.4 is 11.1 Å². The largest absolute Gasteiger partial charge is 0.389 e. The van der Waals surface area contributed by atoms with Crippen LogP contribution in [0.15, 0.2) is 6.20 Å². The van der Waals surface area contributed by atoms with Gasteiger partial charge in [-0.05, 0) is 12.2 Å². The van der Waals surface area contributed by atoms with Gasteiger partial charge >= 0.3 is 0 Å². The lowest BCUT2D eigenvalue weighted by Gasteiger charge is -2.08. The molecule has 2 heterocycles. The summed E-state index contributed by atoms with van der Waals surface area (Å²) in [6.45, 7) is 0. The number of rotatable bonds is 2. The smallest absolute Gasteiger partial charge is 0.184 e. The van der Waals surface area contributed by atoms with E-state index in [4.69, 9.17) is 5.73 Å². The van der Waals surface area contributed by atoms with E-state index in [1.807, 2.05) is 11.8 Å². The highest BCUT2D eigenvalue weighted by atomic mass is 32.2. The number of anilines is 2. The molecule has 0 radical (unpaired) electrons. The van der Waals surface area contributed by atoms with Gasteiger partial charge < -0.3 is 11.1 Å². The van der Waals surface area contributed by atoms with Gasteiger partial charge in [-0.15, -0.1) is 0 Å². The molecule has 0 aliphatic carbocycles. The van der Waals surface area contributed by atoms with Crippen molar-refractivity contribution in [2.24, 2.45) is 0 Å². The molecule has 5 heteroatoms. The van der Waals surface area contributed by atoms with E-state index in [-0.39, 0.29) is 0 Å². The van der Waals surface area contributed by atoms with Gasteiger partial charge in [-0.1, -0.05) is 11.3 Å². The quantitative estimate of drug-likeness (QED) is 0.764. The van der Waals surface area contributed by atoms with Crippen LogP contribution in [0.2, 0.25) is 0 Å². The van der Waals surface area contributed by atoms with Crippen LogP contribution in [0.4, 0.5) is 10.1 Å². The summed E-state index contributed by atoms with van der Waals surface area (Å²) < 4.78 is 0. The molecule has 1 aromatic heterocycles. The molecule has 1 aliphatic heterocycles. The zero-order chi connectivity index (χ0) is 8.39. The molecule has 2 rings (SSSR count). The van der Waals surface area contributed by atoms with Crippen molar-refractivity contribution in [3.8, 4) is 0 Å². The van der Waals surface area contributed by atoms with Gasteiger partial charge in [0.1, 0.15) is 5.00 Å². The number of nitrogens with zero attached hydrogens (tertiary/aromatic N) is 1. The van der Waals surface area contributed by atoms with Gasteiger partial charge in [-0.25, -0.2) is 4.98 Å². The highest BCUT2D eigenvalue weighted by molar-refractivity contribution is 7.99. The summed E-state index contributed by atoms with van der Waals surface area (Å²) in [5.74, 6) is 2.46. The molecule has 1 saturated heterocycles. The third-order valence-electron chi connectivity index (χ3n) is 1.78. The van der Waals surface area contributed by atoms with Gasteiger partial charge in [0, 0.05) is 11.8 Å². The highest BCUT2D eigenvalue weighted by Gasteiger charge is 2.15. The fourth-order valence-corrected chi connectivity index (χ4v) is 2.99. The van der Waals surface area contributed by atoms with Crippen molar-refractivity contribution in [1.82, 2.24) is 4.98 Å². The summed E-state index contributed by atoms with van der Waals surface area (Å²) >= 11 is 3.51. The maximum absolute atomic E-state index is 5.56. The molecule has 12 heavy (non-hydrogen) atoms. The second kappa shape index (κ2) is 3.53. The van der Waals surface area contributed by atoms with Crippen LogP contribution in [-0.2, 0) is 0 Å². The summed E-state index contributed by atoms with van der Waals surface area (Å²) in [4.78, 5) is 4.15. The summed E-state index contributed by atoms with van der Waals surface area (Å²) in [5, 5.41) is 5.11. The van der Waals surface area contributed by atoms with Crippen LogP contribution in [0, 0.1) is 0 Å². The molecule has 1 aromatic rings. The lowest BCUT2D eigenvalue weighted by atomic mass is 10.3. The van der Waals surface area contributed by atoms with Crippen LogP contribution in [0.3, 0.4) is 0 Å². The average molecular weight is 201 g/mol. The standard InChI is InChI=1S/C7H11N3S2/c8-6-3-9-7(12-6)10-5-1-2-11-4-5/h3,5H,1-2,4,8H2,(H,9,10). The van der Waals surface area contributed by atoms with Crippen LogP contribution in [0.25, 0.3) is 0 Å². The first-order valence-corrected chi connectivity index (χ1v) is 5.87. The molecule has 1 fully saturated rings. The topological polar surface area (TPSA) is 50.9 Å². The van der Waals surface area contributed by atoms with Crippen LogP contribution >= 0.6 is 23.1 Å². The third kappa shape index (κ3) is 1.84. The molecular formula is C7H11N3S2. The van der Waals surface area contributed by atoms with E-state index in [0.717, 1.165) is 10.1 Å². The van der Waals surface area contributed by atoms with E-state index < -0.39 is 0 Å². The van der Waals surface area contributed by atoms with Crippen molar-refractivity contribution in [1.29, 1.82) is 0 Å². The maximum Gasteiger partial charge on any atom is 0.184 e. The zero-order valence-electron chi connectivity index (χ0n) is 6.62. The Hall–Kier alpha value is -0.420. The molecule has 0 amide bonds. The van der Waals surface area contributed by atoms with Crippen molar-refractivity contribution in [2.45, 2.75) is 12.5 Å². The van der Waals surface area contributed by atoms with Gasteiger partial charge in [0.05, 0.1) is 6.20 Å². The minimum atomic E-state index is 0.598. The maximum atomic E-state index is 5.56. The number of thiazole rings is 1. The van der Waals surface area contributed by atoms with Crippen molar-refractivity contribution >= 4 is 33.2 Å². The number of nitrogens with one attached hydrogen (secondary N) is 1. The Bertz CT molecular complexity index is 255. The summed E-state index contributed by atoms with van der Waals surface area (Å²) in [6, 6.07) is 0.598. The molecule has 0 bridgehead atoms. The fourth-order valence-electron chi connectivity index (χ4n) is 1.18. The Balaban J connectivity index is 1.94. The van der Waals surface area contributed by atoms with Gasteiger partial charge in [0.25, 0.3) is 0 Å². The number of nitrogens with two attached hydrogens (primary N) is 1. The van der Waals surface area contributed by atoms with E-state index in [2.05, 4.69) is 10.3 Å². The first kappa shape index (κ1) is 8.19. The van der Waals surface area contributed by atoms with Crippen molar-refractivity contribution in [3.63, 3.8) is 0 Å². The highest BCUT2D eigenvalue weighted by Crippen LogP contribution is 2.25. The molecule has 1 unspecified atom stereocenters. The average Bonchev–Trinajstić information content (AvgIpc) is 2.63. The lowest BCUT2D eigenvalue weighted by Crippen LogP contribution is -2.17. The Morgan fingerprint density at radius 2 is 2.58 bits per heavy atom. The van der Waals surface area contributed by atoms with E-state index >= 15 is 0 Å². The lowest BCUT2D eigenvalue weighted by molar-refractivity contribution is 0.811. The van der Waals surface area contributed by atoms with Gasteiger partial charge in [0.15, 0.2) is 5.13 Å². The molecule has 3 N–H and O–H groups in total. The number of thioether (sulfide) groups is 1. The number of hydrogen-bond acceptors (Lipinski definition) is 5. The minimum Gasteiger partial charge on any atom is -0.389 e. The summed E-state index contributed by atoms with van der Waals surface area (Å²) in [6.07, 6.45) is 2.94. The van der Waals surface area contributed by atoms with Gasteiger partial charge in [0.2, 0.25) is 0 Å². The SMILES string of the molecule is Nc1cnc(NC2CCSC2)s1. The molecule has 66 valence electrons. The van der Waals surface area contributed by atoms with Crippen LogP contribution in [0.1, 0.15) is 6.42 Å². The van der Waals surface area contributed by atoms with Gasteiger partial charge in [-0.2, -0.15) is 11.8 Å². The van der Waals surface area contributed by atoms with E-state index in [1.54, 1.807) is 6.20 Å². The summed E-state index contributed by atoms with van der Waals surface area (Å²) in [5.41, 5.74) is 5.56. The Morgan fingerprint density at radius 1 is 1.67 bits per heavy atom. The third-order valence-corrected chi connectivity index (χ3v) is 3.70. The molecule has 1 aliphatic rings. The fraction of sp³-hybridized carbons (Fsp3) is 0.571. The molecular weight excluding hydrogens is 190 g/mol. The van der Waals surface area contributed by atoms with Crippen molar-refractivity contribution in [3.05, 3.63) is 6.20 Å². The Morgan fingerprint density at radius 3 is 3.17 bits per heavy atom. The minimum absolute atomic E-state index is 0.598. The van der Waals surface area contributed by atoms with Crippen LogP contribution in [-0.4, -0.2) is 22.5 Å². The molecule has 0 spiro atoms. The Kier molecular flexibility index (Phi) is 2.41. The summed E-state index contributed by atoms with van der Waals surface area (Å²) in [7, 11) is 0. The molecule has 0 saturated carbocycles. The monoisotopic (exact) mass is 201 g/mol. The zero-order valence-corrected chi connectivity index (χ0v) is 8.25. The first-order chi connectivity index (χ1) is 5.84. The first-order valence-electron chi connectivity index (χ1n) is 3.90. The molecule has 1 atom stereocenters. The number of aromatic nitrogens is 1. The molecule has 3 nitrogen and oxygen atoms in total. The second-order valence-electron chi connectivity index (χ2n) is 2.77. The van der Waals surface area contributed by atoms with Crippen LogP contribution in [0.5, 0.6) is 0 Å². The predicted octanol–water partition coefficient (Wildman–Crippen LogP) is 1.64. The number of nitrogen functional groups attached to an aromatic ring is 1. The van der Waals surface area contributed by atoms with E-state index in [1.165, 1.54) is 29.3 Å². The predicted molar refractivity (Wildman–Crippen MR) is 55.9 cm³/mol. The number of hydrogen-bond donors (Lipinski definition) is 2. The normalized spacial score (nSPS) is 22.8. The molecule has 0 aromatic carbocycles. The van der Waals surface area contributed by atoms with Crippen molar-refractivity contribution in [2.75, 3.05) is 22.6 Å². The second-order valence-corrected chi connectivity index (χ2v) is 4.98.